The minimum atomic E-state index is -2.14. The molecule has 2 unspecified atom stereocenters. The number of hydrogen-bond donors (Lipinski definition) is 0. The molecular weight excluding hydrogens is 301 g/mol. The number of nitrogens with zero attached hydrogens (tertiary/aromatic N) is 2. The number of aromatic nitrogens is 1. The second-order valence-electron chi connectivity index (χ2n) is 3.62. The largest absolute Gasteiger partial charge is 0.641 e. The molecule has 1 aliphatic heterocycles. The van der Waals surface area contributed by atoms with Crippen molar-refractivity contribution < 1.29 is 41.6 Å². The van der Waals surface area contributed by atoms with Gasteiger partial charge >= 0.3 is 0 Å². The van der Waals surface area contributed by atoms with Gasteiger partial charge < -0.3 is 5.21 Å². The third-order valence-electron chi connectivity index (χ3n) is 2.77. The zero-order valence-corrected chi connectivity index (χ0v) is 12.8. The fraction of sp³-hybridized carbons (Fsp3) is 0.500. The first-order valence-corrected chi connectivity index (χ1v) is 6.63. The normalized spacial score (nSPS) is 28.4. The van der Waals surface area contributed by atoms with E-state index in [0.717, 1.165) is 18.4 Å². The molecule has 1 saturated heterocycles. The number of pyridine rings is 1. The van der Waals surface area contributed by atoms with Crippen LogP contribution in [0.15, 0.2) is 22.7 Å². The van der Waals surface area contributed by atoms with Crippen molar-refractivity contribution in [3.8, 4) is 0 Å². The maximum Gasteiger partial charge on any atom is 0.125 e. The Bertz CT molecular complexity index is 483. The zero-order chi connectivity index (χ0) is 10.9. The summed E-state index contributed by atoms with van der Waals surface area (Å²) in [4.78, 5) is 0. The topological polar surface area (TPSA) is 56.4 Å². The molecule has 0 aromatic carbocycles. The van der Waals surface area contributed by atoms with E-state index in [1.54, 1.807) is 19.2 Å². The van der Waals surface area contributed by atoms with Crippen LogP contribution in [0.1, 0.15) is 23.7 Å². The minimum absolute atomic E-state index is 0. The van der Waals surface area contributed by atoms with Crippen LogP contribution in [0.4, 0.5) is 0 Å². The van der Waals surface area contributed by atoms with Gasteiger partial charge in [0, 0.05) is 45.5 Å². The summed E-state index contributed by atoms with van der Waals surface area (Å²) in [5, 5.41) is 11.0. The van der Waals surface area contributed by atoms with Crippen LogP contribution in [0.2, 0.25) is 0 Å². The Kier molecular flexibility index (Phi) is 4.89. The maximum absolute atomic E-state index is 12.3. The predicted molar refractivity (Wildman–Crippen MR) is 57.6 cm³/mol. The molecule has 0 amide bonds. The summed E-state index contributed by atoms with van der Waals surface area (Å²) in [6.07, 6.45) is 5.69. The fourth-order valence-electron chi connectivity index (χ4n) is 2.01. The van der Waals surface area contributed by atoms with Crippen LogP contribution in [-0.2, 0) is 42.4 Å². The van der Waals surface area contributed by atoms with Crippen molar-refractivity contribution in [1.82, 2.24) is 0 Å². The van der Waals surface area contributed by atoms with E-state index in [9.17, 15) is 9.42 Å². The first-order valence-electron chi connectivity index (χ1n) is 4.88. The molecule has 1 fully saturated rings. The molecule has 2 atom stereocenters. The zero-order valence-electron chi connectivity index (χ0n) is 9.13. The Morgan fingerprint density at radius 2 is 2.44 bits per heavy atom. The van der Waals surface area contributed by atoms with E-state index in [1.165, 1.54) is 6.20 Å². The van der Waals surface area contributed by atoms with Crippen molar-refractivity contribution in [2.75, 3.05) is 12.8 Å². The van der Waals surface area contributed by atoms with Gasteiger partial charge in [0.2, 0.25) is 0 Å². The van der Waals surface area contributed by atoms with Crippen LogP contribution in [-0.4, -0.2) is 17.0 Å². The van der Waals surface area contributed by atoms with Gasteiger partial charge in [-0.15, -0.1) is 6.07 Å². The molecule has 2 rings (SSSR count). The Balaban J connectivity index is 0.00000128. The molecule has 16 heavy (non-hydrogen) atoms. The van der Waals surface area contributed by atoms with Gasteiger partial charge in [0.25, 0.3) is 0 Å². The van der Waals surface area contributed by atoms with Crippen molar-refractivity contribution in [2.45, 2.75) is 18.1 Å². The van der Waals surface area contributed by atoms with Crippen LogP contribution in [0.3, 0.4) is 0 Å². The third kappa shape index (κ3) is 2.63. The summed E-state index contributed by atoms with van der Waals surface area (Å²) >= 11 is 0. The summed E-state index contributed by atoms with van der Waals surface area (Å²) < 4.78 is 17.0. The molecule has 4 nitrogen and oxygen atoms in total. The molecule has 2 heterocycles. The van der Waals surface area contributed by atoms with E-state index in [2.05, 4.69) is 10.6 Å². The molecule has 0 spiro atoms. The maximum atomic E-state index is 12.3. The first kappa shape index (κ1) is 14.1. The molecule has 0 aliphatic carbocycles. The molecule has 1 aliphatic rings. The number of hydrogen-bond acceptors (Lipinski definition) is 3. The molecular formula is C10H13N2O2SY-. The average molecular weight is 314 g/mol. The average Bonchev–Trinajstić information content (AvgIpc) is 2.61. The fourth-order valence-corrected chi connectivity index (χ4v) is 4.41. The van der Waals surface area contributed by atoms with Crippen molar-refractivity contribution >= 4 is 9.73 Å². The van der Waals surface area contributed by atoms with Crippen LogP contribution in [0.5, 0.6) is 0 Å². The van der Waals surface area contributed by atoms with Gasteiger partial charge in [0.1, 0.15) is 6.20 Å². The molecule has 0 bridgehead atoms. The summed E-state index contributed by atoms with van der Waals surface area (Å²) in [6, 6.07) is 3.37. The second-order valence-corrected chi connectivity index (χ2v) is 6.35. The summed E-state index contributed by atoms with van der Waals surface area (Å²) in [6.45, 7) is 0. The van der Waals surface area contributed by atoms with E-state index in [4.69, 9.17) is 0 Å². The molecule has 0 N–H and O–H groups in total. The van der Waals surface area contributed by atoms with E-state index < -0.39 is 9.73 Å². The Labute approximate surface area is 121 Å². The summed E-state index contributed by atoms with van der Waals surface area (Å²) in [5.74, 6) is 0.644. The molecule has 0 saturated carbocycles. The second kappa shape index (κ2) is 5.56. The van der Waals surface area contributed by atoms with Gasteiger partial charge in [-0.25, -0.2) is 8.57 Å². The standard InChI is InChI=1S/C10H13N2O2S.Y/c1-11-15(14)7-3-5-10(15)9-4-2-6-12(13)8-9;/h2,4,8,10H,3,5,7H2,1H3;/q-1;. The van der Waals surface area contributed by atoms with Crippen LogP contribution in [0.25, 0.3) is 0 Å². The quantitative estimate of drug-likeness (QED) is 0.442. The molecule has 6 heteroatoms. The molecule has 1 aromatic heterocycles. The Morgan fingerprint density at radius 3 is 3.06 bits per heavy atom. The first-order chi connectivity index (χ1) is 7.15. The summed E-state index contributed by atoms with van der Waals surface area (Å²) in [5.41, 5.74) is 0.817. The minimum Gasteiger partial charge on any atom is -0.641 e. The Morgan fingerprint density at radius 1 is 1.69 bits per heavy atom. The van der Waals surface area contributed by atoms with Crippen LogP contribution < -0.4 is 4.73 Å². The van der Waals surface area contributed by atoms with Gasteiger partial charge in [0.05, 0.1) is 21.2 Å². The van der Waals surface area contributed by atoms with E-state index >= 15 is 0 Å². The number of rotatable bonds is 1. The van der Waals surface area contributed by atoms with Gasteiger partial charge in [-0.3, -0.25) is 4.73 Å². The third-order valence-corrected chi connectivity index (χ3v) is 5.66. The van der Waals surface area contributed by atoms with E-state index in [-0.39, 0.29) is 38.0 Å². The van der Waals surface area contributed by atoms with Crippen molar-refractivity contribution in [1.29, 1.82) is 0 Å². The monoisotopic (exact) mass is 314 g/mol. The van der Waals surface area contributed by atoms with Gasteiger partial charge in [-0.05, 0) is 12.8 Å². The van der Waals surface area contributed by atoms with E-state index in [0.29, 0.717) is 10.5 Å². The molecule has 85 valence electrons. The van der Waals surface area contributed by atoms with Crippen molar-refractivity contribution in [3.63, 3.8) is 0 Å². The SMILES string of the molecule is CN=S1(=O)CCCC1c1cc[c-][n+]([O-])c1.[Y]. The van der Waals surface area contributed by atoms with Crippen molar-refractivity contribution in [3.05, 3.63) is 35.3 Å². The molecule has 1 aromatic rings. The summed E-state index contributed by atoms with van der Waals surface area (Å²) in [7, 11) is -0.545. The smallest absolute Gasteiger partial charge is 0.125 e. The van der Waals surface area contributed by atoms with Gasteiger partial charge in [-0.2, -0.15) is 6.07 Å². The molecule has 1 radical (unpaired) electrons. The van der Waals surface area contributed by atoms with Gasteiger partial charge in [0.15, 0.2) is 0 Å². The van der Waals surface area contributed by atoms with Crippen LogP contribution >= 0.6 is 0 Å². The van der Waals surface area contributed by atoms with E-state index in [1.807, 2.05) is 0 Å². The Hall–Kier alpha value is 0.00390. The predicted octanol–water partition coefficient (Wildman–Crippen LogP) is 1.05. The van der Waals surface area contributed by atoms with Crippen LogP contribution in [0, 0.1) is 11.4 Å². The van der Waals surface area contributed by atoms with Crippen molar-refractivity contribution in [2.24, 2.45) is 4.36 Å². The van der Waals surface area contributed by atoms with Gasteiger partial charge in [-0.1, -0.05) is 5.56 Å².